The van der Waals surface area contributed by atoms with Gasteiger partial charge in [-0.2, -0.15) is 0 Å². The second-order valence-electron chi connectivity index (χ2n) is 3.03. The highest BCUT2D eigenvalue weighted by Gasteiger charge is 2.11. The van der Waals surface area contributed by atoms with Gasteiger partial charge >= 0.3 is 6.03 Å². The number of sulfonamides is 1. The van der Waals surface area contributed by atoms with Crippen molar-refractivity contribution in [3.8, 4) is 0 Å². The molecule has 6 heteroatoms. The fourth-order valence-corrected chi connectivity index (χ4v) is 1.87. The van der Waals surface area contributed by atoms with Crippen molar-refractivity contribution < 1.29 is 13.2 Å². The number of carbonyl (C=O) groups excluding carboxylic acids is 1. The lowest BCUT2D eigenvalue weighted by Gasteiger charge is -2.06. The molecule has 0 radical (unpaired) electrons. The first kappa shape index (κ1) is 13.2. The SMILES string of the molecule is CCCCNC(=O)NS(=O)(=O)CCC. The molecule has 0 bridgehead atoms. The zero-order valence-electron chi connectivity index (χ0n) is 8.67. The molecule has 0 aliphatic heterocycles. The molecule has 0 rings (SSSR count). The molecule has 0 atom stereocenters. The molecule has 0 aliphatic carbocycles. The standard InChI is InChI=1S/C8H18N2O3S/c1-3-5-6-9-8(11)10-14(12,13)7-4-2/h3-7H2,1-2H3,(H2,9,10,11). The van der Waals surface area contributed by atoms with Crippen LogP contribution in [0.15, 0.2) is 0 Å². The highest BCUT2D eigenvalue weighted by Crippen LogP contribution is 1.88. The van der Waals surface area contributed by atoms with Gasteiger partial charge in [-0.05, 0) is 12.8 Å². The van der Waals surface area contributed by atoms with Gasteiger partial charge in [-0.1, -0.05) is 20.3 Å². The molecule has 0 saturated carbocycles. The third-order valence-electron chi connectivity index (χ3n) is 1.54. The number of amides is 2. The van der Waals surface area contributed by atoms with Gasteiger partial charge < -0.3 is 5.32 Å². The van der Waals surface area contributed by atoms with Gasteiger partial charge in [-0.25, -0.2) is 17.9 Å². The summed E-state index contributed by atoms with van der Waals surface area (Å²) in [5.41, 5.74) is 0. The van der Waals surface area contributed by atoms with Gasteiger partial charge in [0.05, 0.1) is 5.75 Å². The van der Waals surface area contributed by atoms with E-state index in [4.69, 9.17) is 0 Å². The fourth-order valence-electron chi connectivity index (χ4n) is 0.876. The van der Waals surface area contributed by atoms with Crippen molar-refractivity contribution in [3.63, 3.8) is 0 Å². The highest BCUT2D eigenvalue weighted by atomic mass is 32.2. The van der Waals surface area contributed by atoms with Crippen LogP contribution >= 0.6 is 0 Å². The maximum Gasteiger partial charge on any atom is 0.328 e. The van der Waals surface area contributed by atoms with E-state index in [0.717, 1.165) is 12.8 Å². The van der Waals surface area contributed by atoms with Crippen LogP contribution in [-0.4, -0.2) is 26.7 Å². The van der Waals surface area contributed by atoms with E-state index in [1.54, 1.807) is 6.92 Å². The molecule has 0 aromatic carbocycles. The maximum absolute atomic E-state index is 11.1. The second-order valence-corrected chi connectivity index (χ2v) is 4.87. The molecule has 0 unspecified atom stereocenters. The van der Waals surface area contributed by atoms with Gasteiger partial charge in [0.1, 0.15) is 0 Å². The number of nitrogens with one attached hydrogen (secondary N) is 2. The van der Waals surface area contributed by atoms with Gasteiger partial charge in [0.25, 0.3) is 0 Å². The number of hydrogen-bond donors (Lipinski definition) is 2. The van der Waals surface area contributed by atoms with Crippen LogP contribution in [0.2, 0.25) is 0 Å². The lowest BCUT2D eigenvalue weighted by molar-refractivity contribution is 0.245. The Morgan fingerprint density at radius 2 is 1.86 bits per heavy atom. The van der Waals surface area contributed by atoms with Crippen molar-refractivity contribution in [2.45, 2.75) is 33.1 Å². The van der Waals surface area contributed by atoms with Crippen molar-refractivity contribution in [2.24, 2.45) is 0 Å². The molecule has 2 amide bonds. The Balaban J connectivity index is 3.82. The third kappa shape index (κ3) is 6.71. The third-order valence-corrected chi connectivity index (χ3v) is 2.98. The lowest BCUT2D eigenvalue weighted by atomic mass is 10.3. The Bertz CT molecular complexity index is 262. The maximum atomic E-state index is 11.1. The van der Waals surface area contributed by atoms with Crippen molar-refractivity contribution in [1.29, 1.82) is 0 Å². The average Bonchev–Trinajstić information content (AvgIpc) is 2.03. The summed E-state index contributed by atoms with van der Waals surface area (Å²) in [5, 5.41) is 2.47. The molecule has 0 saturated heterocycles. The number of hydrogen-bond acceptors (Lipinski definition) is 3. The molecular weight excluding hydrogens is 204 g/mol. The molecule has 0 aliphatic rings. The Morgan fingerprint density at radius 3 is 2.36 bits per heavy atom. The molecule has 2 N–H and O–H groups in total. The Labute approximate surface area is 85.3 Å². The summed E-state index contributed by atoms with van der Waals surface area (Å²) >= 11 is 0. The molecule has 0 aromatic heterocycles. The summed E-state index contributed by atoms with van der Waals surface area (Å²) in [6.07, 6.45) is 2.31. The first-order valence-corrected chi connectivity index (χ1v) is 6.45. The first-order valence-electron chi connectivity index (χ1n) is 4.80. The molecule has 0 aromatic rings. The van der Waals surface area contributed by atoms with Gasteiger partial charge in [0, 0.05) is 6.54 Å². The minimum absolute atomic E-state index is 0.0196. The van der Waals surface area contributed by atoms with Crippen molar-refractivity contribution in [2.75, 3.05) is 12.3 Å². The van der Waals surface area contributed by atoms with Crippen LogP contribution in [0.1, 0.15) is 33.1 Å². The van der Waals surface area contributed by atoms with E-state index in [9.17, 15) is 13.2 Å². The monoisotopic (exact) mass is 222 g/mol. The van der Waals surface area contributed by atoms with Crippen LogP contribution in [-0.2, 0) is 10.0 Å². The predicted molar refractivity (Wildman–Crippen MR) is 55.5 cm³/mol. The minimum Gasteiger partial charge on any atom is -0.337 e. The molecule has 14 heavy (non-hydrogen) atoms. The summed E-state index contributed by atoms with van der Waals surface area (Å²) < 4.78 is 24.1. The summed E-state index contributed by atoms with van der Waals surface area (Å²) in [7, 11) is -3.43. The van der Waals surface area contributed by atoms with E-state index in [1.807, 2.05) is 11.6 Å². The van der Waals surface area contributed by atoms with Crippen LogP contribution in [0.25, 0.3) is 0 Å². The summed E-state index contributed by atoms with van der Waals surface area (Å²) in [6, 6.07) is -0.632. The number of unbranched alkanes of at least 4 members (excludes halogenated alkanes) is 1. The topological polar surface area (TPSA) is 75.3 Å². The summed E-state index contributed by atoms with van der Waals surface area (Å²) in [6.45, 7) is 4.24. The van der Waals surface area contributed by atoms with E-state index in [1.165, 1.54) is 0 Å². The van der Waals surface area contributed by atoms with Crippen molar-refractivity contribution in [3.05, 3.63) is 0 Å². The van der Waals surface area contributed by atoms with E-state index in [2.05, 4.69) is 5.32 Å². The fraction of sp³-hybridized carbons (Fsp3) is 0.875. The molecule has 0 fully saturated rings. The van der Waals surface area contributed by atoms with E-state index < -0.39 is 16.1 Å². The smallest absolute Gasteiger partial charge is 0.328 e. The first-order chi connectivity index (χ1) is 6.52. The Kier molecular flexibility index (Phi) is 6.27. The van der Waals surface area contributed by atoms with Crippen LogP contribution in [0.3, 0.4) is 0 Å². The van der Waals surface area contributed by atoms with Gasteiger partial charge in [-0.3, -0.25) is 0 Å². The molecule has 84 valence electrons. The van der Waals surface area contributed by atoms with Crippen molar-refractivity contribution >= 4 is 16.1 Å². The van der Waals surface area contributed by atoms with Crippen LogP contribution in [0.4, 0.5) is 4.79 Å². The van der Waals surface area contributed by atoms with Crippen molar-refractivity contribution in [1.82, 2.24) is 10.0 Å². The number of rotatable bonds is 6. The van der Waals surface area contributed by atoms with Crippen LogP contribution in [0, 0.1) is 0 Å². The number of carbonyl (C=O) groups is 1. The van der Waals surface area contributed by atoms with E-state index >= 15 is 0 Å². The molecule has 0 heterocycles. The Morgan fingerprint density at radius 1 is 1.21 bits per heavy atom. The highest BCUT2D eigenvalue weighted by molar-refractivity contribution is 7.90. The van der Waals surface area contributed by atoms with E-state index in [0.29, 0.717) is 13.0 Å². The normalized spacial score (nSPS) is 11.0. The zero-order valence-corrected chi connectivity index (χ0v) is 9.49. The molecule has 0 spiro atoms. The van der Waals surface area contributed by atoms with Gasteiger partial charge in [-0.15, -0.1) is 0 Å². The zero-order chi connectivity index (χ0) is 11.0. The van der Waals surface area contributed by atoms with Gasteiger partial charge in [0.15, 0.2) is 0 Å². The quantitative estimate of drug-likeness (QED) is 0.653. The minimum atomic E-state index is -3.43. The number of urea groups is 1. The summed E-state index contributed by atoms with van der Waals surface area (Å²) in [5.74, 6) is -0.0196. The molecule has 5 nitrogen and oxygen atoms in total. The Hall–Kier alpha value is -0.780. The average molecular weight is 222 g/mol. The largest absolute Gasteiger partial charge is 0.337 e. The lowest BCUT2D eigenvalue weighted by Crippen LogP contribution is -2.40. The van der Waals surface area contributed by atoms with E-state index in [-0.39, 0.29) is 5.75 Å². The second kappa shape index (κ2) is 6.64. The van der Waals surface area contributed by atoms with Gasteiger partial charge in [0.2, 0.25) is 10.0 Å². The summed E-state index contributed by atoms with van der Waals surface area (Å²) in [4.78, 5) is 11.0. The van der Waals surface area contributed by atoms with Crippen LogP contribution < -0.4 is 10.0 Å². The molecular formula is C8H18N2O3S. The van der Waals surface area contributed by atoms with Crippen LogP contribution in [0.5, 0.6) is 0 Å². The predicted octanol–water partition coefficient (Wildman–Crippen LogP) is 0.826.